The van der Waals surface area contributed by atoms with Gasteiger partial charge in [-0.15, -0.1) is 0 Å². The molecule has 0 amide bonds. The first-order chi connectivity index (χ1) is 10.2. The Hall–Kier alpha value is -1.73. The maximum absolute atomic E-state index is 5.78. The van der Waals surface area contributed by atoms with Crippen LogP contribution < -0.4 is 4.90 Å². The molecular formula is C13H17ClN6O. The van der Waals surface area contributed by atoms with Gasteiger partial charge in [0.1, 0.15) is 11.0 Å². The van der Waals surface area contributed by atoms with E-state index in [4.69, 9.17) is 16.1 Å². The number of nitrogens with zero attached hydrogens (tertiary/aromatic N) is 6. The summed E-state index contributed by atoms with van der Waals surface area (Å²) in [5.41, 5.74) is 0. The van der Waals surface area contributed by atoms with Crippen LogP contribution in [0, 0.1) is 6.92 Å². The molecule has 3 heterocycles. The minimum absolute atomic E-state index is 0.419. The molecule has 0 spiro atoms. The van der Waals surface area contributed by atoms with Gasteiger partial charge in [0.25, 0.3) is 0 Å². The molecule has 0 radical (unpaired) electrons. The SMILES string of the molecule is Cc1nc(CN2CCCN(c3cnc(Cl)cn3)CC2)no1. The predicted octanol–water partition coefficient (Wildman–Crippen LogP) is 1.53. The molecule has 0 aliphatic carbocycles. The van der Waals surface area contributed by atoms with Crippen molar-refractivity contribution in [1.82, 2.24) is 25.0 Å². The topological polar surface area (TPSA) is 71.2 Å². The summed E-state index contributed by atoms with van der Waals surface area (Å²) in [5, 5.41) is 4.37. The Morgan fingerprint density at radius 1 is 1.19 bits per heavy atom. The van der Waals surface area contributed by atoms with Gasteiger partial charge in [0.05, 0.1) is 18.9 Å². The molecule has 1 aliphatic heterocycles. The fraction of sp³-hybridized carbons (Fsp3) is 0.538. The molecule has 3 rings (SSSR count). The standard InChI is InChI=1S/C13H17ClN6O/c1-10-17-12(18-21-10)9-19-3-2-4-20(6-5-19)13-8-15-11(14)7-16-13/h7-8H,2-6,9H2,1H3. The van der Waals surface area contributed by atoms with Crippen LogP contribution in [0.15, 0.2) is 16.9 Å². The van der Waals surface area contributed by atoms with E-state index in [9.17, 15) is 0 Å². The first-order valence-corrected chi connectivity index (χ1v) is 7.32. The Balaban J connectivity index is 1.60. The summed E-state index contributed by atoms with van der Waals surface area (Å²) in [6.45, 7) is 6.31. The van der Waals surface area contributed by atoms with Crippen LogP contribution in [0.4, 0.5) is 5.82 Å². The van der Waals surface area contributed by atoms with Gasteiger partial charge in [-0.2, -0.15) is 4.98 Å². The minimum Gasteiger partial charge on any atom is -0.354 e. The van der Waals surface area contributed by atoms with Crippen molar-refractivity contribution in [2.45, 2.75) is 19.9 Å². The first kappa shape index (κ1) is 14.2. The fourth-order valence-corrected chi connectivity index (χ4v) is 2.53. The van der Waals surface area contributed by atoms with E-state index < -0.39 is 0 Å². The second-order valence-electron chi connectivity index (χ2n) is 5.04. The van der Waals surface area contributed by atoms with Crippen LogP contribution >= 0.6 is 11.6 Å². The molecule has 1 aliphatic rings. The van der Waals surface area contributed by atoms with Crippen LogP contribution in [0.1, 0.15) is 18.1 Å². The number of hydrogen-bond donors (Lipinski definition) is 0. The quantitative estimate of drug-likeness (QED) is 0.851. The summed E-state index contributed by atoms with van der Waals surface area (Å²) in [6.07, 6.45) is 4.36. The smallest absolute Gasteiger partial charge is 0.223 e. The molecule has 8 heteroatoms. The molecule has 21 heavy (non-hydrogen) atoms. The molecule has 0 unspecified atom stereocenters. The molecule has 0 saturated carbocycles. The highest BCUT2D eigenvalue weighted by Crippen LogP contribution is 2.15. The lowest BCUT2D eigenvalue weighted by atomic mass is 10.4. The molecule has 112 valence electrons. The molecule has 1 fully saturated rings. The first-order valence-electron chi connectivity index (χ1n) is 6.95. The van der Waals surface area contributed by atoms with Crippen LogP contribution in [0.3, 0.4) is 0 Å². The predicted molar refractivity (Wildman–Crippen MR) is 78.2 cm³/mol. The van der Waals surface area contributed by atoms with Crippen molar-refractivity contribution in [2.24, 2.45) is 0 Å². The Morgan fingerprint density at radius 2 is 2.10 bits per heavy atom. The van der Waals surface area contributed by atoms with Crippen LogP contribution in [-0.2, 0) is 6.54 Å². The van der Waals surface area contributed by atoms with E-state index in [1.165, 1.54) is 0 Å². The van der Waals surface area contributed by atoms with Crippen molar-refractivity contribution in [3.63, 3.8) is 0 Å². The number of hydrogen-bond acceptors (Lipinski definition) is 7. The zero-order valence-electron chi connectivity index (χ0n) is 11.9. The summed E-state index contributed by atoms with van der Waals surface area (Å²) in [6, 6.07) is 0. The van der Waals surface area contributed by atoms with Crippen LogP contribution in [0.25, 0.3) is 0 Å². The van der Waals surface area contributed by atoms with Crippen LogP contribution in [-0.4, -0.2) is 51.2 Å². The average molecular weight is 309 g/mol. The van der Waals surface area contributed by atoms with E-state index >= 15 is 0 Å². The molecule has 0 bridgehead atoms. The number of aryl methyl sites for hydroxylation is 1. The Labute approximate surface area is 127 Å². The maximum atomic E-state index is 5.78. The summed E-state index contributed by atoms with van der Waals surface area (Å²) >= 11 is 5.78. The number of halogens is 1. The molecule has 1 saturated heterocycles. The van der Waals surface area contributed by atoms with E-state index in [1.54, 1.807) is 19.3 Å². The molecular weight excluding hydrogens is 292 g/mol. The fourth-order valence-electron chi connectivity index (χ4n) is 2.43. The van der Waals surface area contributed by atoms with Gasteiger partial charge in [-0.25, -0.2) is 9.97 Å². The van der Waals surface area contributed by atoms with E-state index in [-0.39, 0.29) is 0 Å². The highest BCUT2D eigenvalue weighted by atomic mass is 35.5. The normalized spacial score (nSPS) is 17.0. The molecule has 0 N–H and O–H groups in total. The Bertz CT molecular complexity index is 587. The monoisotopic (exact) mass is 308 g/mol. The van der Waals surface area contributed by atoms with E-state index in [1.807, 2.05) is 0 Å². The third-order valence-corrected chi connectivity index (χ3v) is 3.65. The number of rotatable bonds is 3. The van der Waals surface area contributed by atoms with Crippen molar-refractivity contribution in [3.8, 4) is 0 Å². The second-order valence-corrected chi connectivity index (χ2v) is 5.43. The highest BCUT2D eigenvalue weighted by Gasteiger charge is 2.17. The van der Waals surface area contributed by atoms with Gasteiger partial charge in [0, 0.05) is 33.1 Å². The molecule has 7 nitrogen and oxygen atoms in total. The van der Waals surface area contributed by atoms with Gasteiger partial charge in [0.15, 0.2) is 5.82 Å². The summed E-state index contributed by atoms with van der Waals surface area (Å²) in [5.74, 6) is 2.22. The highest BCUT2D eigenvalue weighted by molar-refractivity contribution is 6.29. The zero-order valence-corrected chi connectivity index (χ0v) is 12.6. The lowest BCUT2D eigenvalue weighted by Gasteiger charge is -2.21. The zero-order chi connectivity index (χ0) is 14.7. The van der Waals surface area contributed by atoms with Gasteiger partial charge < -0.3 is 9.42 Å². The number of anilines is 1. The molecule has 2 aromatic heterocycles. The van der Waals surface area contributed by atoms with E-state index in [0.717, 1.165) is 50.8 Å². The lowest BCUT2D eigenvalue weighted by Crippen LogP contribution is -2.31. The Kier molecular flexibility index (Phi) is 4.31. The van der Waals surface area contributed by atoms with Gasteiger partial charge in [0.2, 0.25) is 5.89 Å². The third kappa shape index (κ3) is 3.68. The molecule has 0 aromatic carbocycles. The third-order valence-electron chi connectivity index (χ3n) is 3.45. The van der Waals surface area contributed by atoms with Crippen molar-refractivity contribution in [3.05, 3.63) is 29.3 Å². The largest absolute Gasteiger partial charge is 0.354 e. The second kappa shape index (κ2) is 6.36. The van der Waals surface area contributed by atoms with Crippen molar-refractivity contribution in [2.75, 3.05) is 31.1 Å². The molecule has 0 atom stereocenters. The summed E-state index contributed by atoms with van der Waals surface area (Å²) in [4.78, 5) is 17.2. The van der Waals surface area contributed by atoms with Crippen LogP contribution in [0.2, 0.25) is 5.15 Å². The maximum Gasteiger partial charge on any atom is 0.223 e. The van der Waals surface area contributed by atoms with Crippen molar-refractivity contribution in [1.29, 1.82) is 0 Å². The lowest BCUT2D eigenvalue weighted by molar-refractivity contribution is 0.272. The van der Waals surface area contributed by atoms with Gasteiger partial charge >= 0.3 is 0 Å². The van der Waals surface area contributed by atoms with Gasteiger partial charge in [-0.3, -0.25) is 4.90 Å². The van der Waals surface area contributed by atoms with Gasteiger partial charge in [-0.05, 0) is 6.42 Å². The molecule has 2 aromatic rings. The van der Waals surface area contributed by atoms with Crippen LogP contribution in [0.5, 0.6) is 0 Å². The van der Waals surface area contributed by atoms with Crippen molar-refractivity contribution >= 4 is 17.4 Å². The van der Waals surface area contributed by atoms with E-state index in [0.29, 0.717) is 11.0 Å². The summed E-state index contributed by atoms with van der Waals surface area (Å²) in [7, 11) is 0. The van der Waals surface area contributed by atoms with Crippen molar-refractivity contribution < 1.29 is 4.52 Å². The summed E-state index contributed by atoms with van der Waals surface area (Å²) < 4.78 is 5.01. The average Bonchev–Trinajstić information content (AvgIpc) is 2.74. The number of aromatic nitrogens is 4. The minimum atomic E-state index is 0.419. The van der Waals surface area contributed by atoms with E-state index in [2.05, 4.69) is 29.9 Å². The Morgan fingerprint density at radius 3 is 2.81 bits per heavy atom. The van der Waals surface area contributed by atoms with Gasteiger partial charge in [-0.1, -0.05) is 16.8 Å².